The summed E-state index contributed by atoms with van der Waals surface area (Å²) in [4.78, 5) is 19.7. The van der Waals surface area contributed by atoms with Gasteiger partial charge in [0.2, 0.25) is 0 Å². The first kappa shape index (κ1) is 33.1. The van der Waals surface area contributed by atoms with Crippen molar-refractivity contribution in [2.45, 2.75) is 92.6 Å². The number of rotatable bonds is 19. The SMILES string of the molecule is C=C(C/C=C(\C)CCC=C(C)C)CCC(C)(C)/C=C/CC/C(C)=C\CO[C@H](CO[P+](=O)O)C(=O)O. The second-order valence-electron chi connectivity index (χ2n) is 10.00. The summed E-state index contributed by atoms with van der Waals surface area (Å²) < 4.78 is 20.2. The standard InChI is InChI=1S/C28H45O6P/c1-22(2)11-10-13-23(3)14-15-25(5)16-19-28(6,7)18-9-8-12-24(4)17-20-33-26(27(29)30)21-34-35(31)32/h9,11,14,17-18,26H,5,8,10,12-13,15-16,19-21H2,1-4,6-7H3,(H-,29,30,31,32)/p+1/b18-9+,23-14+,24-17-/t26-/m1/s1. The zero-order valence-corrected chi connectivity index (χ0v) is 23.4. The lowest BCUT2D eigenvalue weighted by molar-refractivity contribution is -0.151. The molecular formula is C28H46O6P+. The number of carboxylic acids is 1. The van der Waals surface area contributed by atoms with Crippen LogP contribution in [0.3, 0.4) is 0 Å². The maximum atomic E-state index is 11.1. The van der Waals surface area contributed by atoms with Crippen LogP contribution < -0.4 is 0 Å². The van der Waals surface area contributed by atoms with Gasteiger partial charge in [-0.05, 0) is 78.1 Å². The van der Waals surface area contributed by atoms with E-state index in [9.17, 15) is 9.36 Å². The summed E-state index contributed by atoms with van der Waals surface area (Å²) in [7, 11) is -2.85. The van der Waals surface area contributed by atoms with Gasteiger partial charge in [-0.25, -0.2) is 4.79 Å². The van der Waals surface area contributed by atoms with Crippen LogP contribution in [0, 0.1) is 5.41 Å². The van der Waals surface area contributed by atoms with Gasteiger partial charge in [-0.3, -0.25) is 0 Å². The van der Waals surface area contributed by atoms with Gasteiger partial charge in [-0.1, -0.05) is 73.1 Å². The minimum absolute atomic E-state index is 0.0915. The molecule has 0 heterocycles. The minimum Gasteiger partial charge on any atom is -0.479 e. The Morgan fingerprint density at radius 1 is 1.03 bits per heavy atom. The molecule has 0 aromatic rings. The maximum absolute atomic E-state index is 11.1. The van der Waals surface area contributed by atoms with E-state index >= 15 is 0 Å². The van der Waals surface area contributed by atoms with E-state index in [1.807, 2.05) is 13.0 Å². The Bertz CT molecular complexity index is 800. The largest absolute Gasteiger partial charge is 0.694 e. The molecule has 0 fully saturated rings. The number of allylic oxidation sites excluding steroid dienone is 8. The van der Waals surface area contributed by atoms with Gasteiger partial charge in [-0.2, -0.15) is 0 Å². The number of aliphatic carboxylic acids is 1. The third-order valence-corrected chi connectivity index (χ3v) is 5.94. The highest BCUT2D eigenvalue weighted by atomic mass is 31.1. The molecule has 2 N–H and O–H groups in total. The normalized spacial score (nSPS) is 14.2. The van der Waals surface area contributed by atoms with Gasteiger partial charge < -0.3 is 9.84 Å². The van der Waals surface area contributed by atoms with E-state index < -0.39 is 26.9 Å². The number of carbonyl (C=O) groups is 1. The zero-order chi connectivity index (χ0) is 26.9. The Balaban J connectivity index is 4.34. The van der Waals surface area contributed by atoms with Crippen molar-refractivity contribution in [1.29, 1.82) is 0 Å². The minimum atomic E-state index is -2.85. The highest BCUT2D eigenvalue weighted by Crippen LogP contribution is 2.27. The molecule has 0 rings (SSSR count). The molecule has 0 amide bonds. The van der Waals surface area contributed by atoms with Crippen molar-refractivity contribution >= 4 is 14.2 Å². The fourth-order valence-electron chi connectivity index (χ4n) is 3.14. The Morgan fingerprint density at radius 2 is 1.66 bits per heavy atom. The van der Waals surface area contributed by atoms with Crippen molar-refractivity contribution in [3.05, 3.63) is 59.3 Å². The van der Waals surface area contributed by atoms with E-state index in [-0.39, 0.29) is 12.0 Å². The summed E-state index contributed by atoms with van der Waals surface area (Å²) in [6.07, 6.45) is 16.5. The molecule has 0 aliphatic rings. The van der Waals surface area contributed by atoms with Crippen molar-refractivity contribution in [3.8, 4) is 0 Å². The number of hydrogen-bond acceptors (Lipinski definition) is 4. The molecule has 6 nitrogen and oxygen atoms in total. The lowest BCUT2D eigenvalue weighted by Gasteiger charge is -2.20. The molecular weight excluding hydrogens is 463 g/mol. The molecule has 1 unspecified atom stereocenters. The van der Waals surface area contributed by atoms with Crippen LogP contribution in [0.25, 0.3) is 0 Å². The molecule has 0 radical (unpaired) electrons. The molecule has 198 valence electrons. The molecule has 2 atom stereocenters. The molecule has 0 bridgehead atoms. The zero-order valence-electron chi connectivity index (χ0n) is 22.5. The molecule has 0 aromatic carbocycles. The maximum Gasteiger partial charge on any atom is 0.694 e. The van der Waals surface area contributed by atoms with Crippen LogP contribution >= 0.6 is 8.25 Å². The lowest BCUT2D eigenvalue weighted by atomic mass is 9.85. The van der Waals surface area contributed by atoms with Crippen LogP contribution in [-0.4, -0.2) is 35.3 Å². The second-order valence-corrected chi connectivity index (χ2v) is 10.7. The predicted molar refractivity (Wildman–Crippen MR) is 144 cm³/mol. The third-order valence-electron chi connectivity index (χ3n) is 5.57. The van der Waals surface area contributed by atoms with Gasteiger partial charge in [0.05, 0.1) is 6.61 Å². The van der Waals surface area contributed by atoms with Crippen LogP contribution in [-0.2, 0) is 18.6 Å². The average Bonchev–Trinajstić information content (AvgIpc) is 2.75. The summed E-state index contributed by atoms with van der Waals surface area (Å²) in [5.41, 5.74) is 5.24. The highest BCUT2D eigenvalue weighted by Gasteiger charge is 2.24. The van der Waals surface area contributed by atoms with Crippen molar-refractivity contribution in [2.24, 2.45) is 5.41 Å². The fourth-order valence-corrected chi connectivity index (χ4v) is 3.40. The molecule has 0 spiro atoms. The summed E-state index contributed by atoms with van der Waals surface area (Å²) in [5.74, 6) is -1.23. The number of hydrogen-bond donors (Lipinski definition) is 2. The van der Waals surface area contributed by atoms with Crippen molar-refractivity contribution in [2.75, 3.05) is 13.2 Å². The highest BCUT2D eigenvalue weighted by molar-refractivity contribution is 7.32. The van der Waals surface area contributed by atoms with Gasteiger partial charge >= 0.3 is 14.2 Å². The van der Waals surface area contributed by atoms with Crippen molar-refractivity contribution < 1.29 is 28.6 Å². The molecule has 0 saturated heterocycles. The molecule has 35 heavy (non-hydrogen) atoms. The Labute approximate surface area is 213 Å². The first-order valence-electron chi connectivity index (χ1n) is 12.2. The van der Waals surface area contributed by atoms with Crippen LogP contribution in [0.4, 0.5) is 0 Å². The topological polar surface area (TPSA) is 93.1 Å². The van der Waals surface area contributed by atoms with Crippen LogP contribution in [0.2, 0.25) is 0 Å². The van der Waals surface area contributed by atoms with Crippen molar-refractivity contribution in [1.82, 2.24) is 0 Å². The smallest absolute Gasteiger partial charge is 0.479 e. The Kier molecular flexibility index (Phi) is 17.4. The summed E-state index contributed by atoms with van der Waals surface area (Å²) in [5, 5.41) is 9.06. The van der Waals surface area contributed by atoms with Gasteiger partial charge in [0.15, 0.2) is 6.10 Å². The number of ether oxygens (including phenoxy) is 1. The average molecular weight is 510 g/mol. The quantitative estimate of drug-likeness (QED) is 0.136. The van der Waals surface area contributed by atoms with Gasteiger partial charge in [0.25, 0.3) is 0 Å². The predicted octanol–water partition coefficient (Wildman–Crippen LogP) is 7.85. The molecule has 0 aromatic heterocycles. The second kappa shape index (κ2) is 18.4. The fraction of sp³-hybridized carbons (Fsp3) is 0.607. The molecule has 0 saturated carbocycles. The van der Waals surface area contributed by atoms with Gasteiger partial charge in [0.1, 0.15) is 6.61 Å². The van der Waals surface area contributed by atoms with Gasteiger partial charge in [0, 0.05) is 4.57 Å². The first-order chi connectivity index (χ1) is 16.3. The summed E-state index contributed by atoms with van der Waals surface area (Å²) >= 11 is 0. The first-order valence-corrected chi connectivity index (χ1v) is 13.4. The third kappa shape index (κ3) is 20.1. The summed E-state index contributed by atoms with van der Waals surface area (Å²) in [6, 6.07) is 0. The van der Waals surface area contributed by atoms with Crippen LogP contribution in [0.1, 0.15) is 86.5 Å². The number of carboxylic acid groups (broad SMARTS) is 1. The molecule has 0 aliphatic carbocycles. The van der Waals surface area contributed by atoms with E-state index in [0.717, 1.165) is 50.5 Å². The summed E-state index contributed by atoms with van der Waals surface area (Å²) in [6.45, 7) is 16.8. The monoisotopic (exact) mass is 509 g/mol. The van der Waals surface area contributed by atoms with Gasteiger partial charge in [-0.15, -0.1) is 9.42 Å². The Hall–Kier alpha value is -1.85. The molecule has 0 aliphatic heterocycles. The van der Waals surface area contributed by atoms with E-state index in [2.05, 4.69) is 70.0 Å². The molecule has 7 heteroatoms. The van der Waals surface area contributed by atoms with E-state index in [0.29, 0.717) is 0 Å². The van der Waals surface area contributed by atoms with Crippen LogP contribution in [0.5, 0.6) is 0 Å². The van der Waals surface area contributed by atoms with E-state index in [1.165, 1.54) is 16.7 Å². The van der Waals surface area contributed by atoms with Crippen LogP contribution in [0.15, 0.2) is 59.3 Å². The van der Waals surface area contributed by atoms with E-state index in [4.69, 9.17) is 14.7 Å². The lowest BCUT2D eigenvalue weighted by Crippen LogP contribution is -2.28. The Morgan fingerprint density at radius 3 is 2.26 bits per heavy atom. The van der Waals surface area contributed by atoms with Crippen molar-refractivity contribution in [3.63, 3.8) is 0 Å². The van der Waals surface area contributed by atoms with E-state index in [1.54, 1.807) is 0 Å².